The van der Waals surface area contributed by atoms with E-state index in [0.717, 1.165) is 0 Å². The first-order valence-corrected chi connectivity index (χ1v) is 4.64. The summed E-state index contributed by atoms with van der Waals surface area (Å²) < 4.78 is 0. The van der Waals surface area contributed by atoms with E-state index < -0.39 is 6.10 Å². The minimum absolute atomic E-state index is 0.0648. The van der Waals surface area contributed by atoms with Gasteiger partial charge in [-0.25, -0.2) is 0 Å². The first kappa shape index (κ1) is 11.6. The maximum Gasteiger partial charge on any atom is 0.198 e. The Balaban J connectivity index is 2.81. The van der Waals surface area contributed by atoms with Gasteiger partial charge < -0.3 is 10.9 Å². The van der Waals surface area contributed by atoms with Crippen LogP contribution in [-0.4, -0.2) is 17.0 Å². The zero-order valence-corrected chi connectivity index (χ0v) is 8.89. The average Bonchev–Trinajstić information content (AvgIpc) is 2.18. The van der Waals surface area contributed by atoms with Crippen molar-refractivity contribution in [3.8, 4) is 0 Å². The molecule has 0 aliphatic rings. The van der Waals surface area contributed by atoms with E-state index in [0.29, 0.717) is 10.7 Å². The highest BCUT2D eigenvalue weighted by Crippen LogP contribution is 2.18. The van der Waals surface area contributed by atoms with Gasteiger partial charge in [-0.2, -0.15) is 5.10 Å². The monoisotopic (exact) mass is 226 g/mol. The van der Waals surface area contributed by atoms with Gasteiger partial charge in [0, 0.05) is 5.02 Å². The van der Waals surface area contributed by atoms with Gasteiger partial charge in [0.15, 0.2) is 5.84 Å². The fraction of sp³-hybridized carbons (Fsp3) is 0.222. The van der Waals surface area contributed by atoms with Crippen molar-refractivity contribution in [1.29, 1.82) is 0 Å². The van der Waals surface area contributed by atoms with Gasteiger partial charge in [-0.15, -0.1) is 10.2 Å². The number of nitrogens with zero attached hydrogens (tertiary/aromatic N) is 3. The Kier molecular flexibility index (Phi) is 4.20. The lowest BCUT2D eigenvalue weighted by atomic mass is 10.3. The van der Waals surface area contributed by atoms with E-state index in [4.69, 9.17) is 22.6 Å². The van der Waals surface area contributed by atoms with Gasteiger partial charge in [-0.3, -0.25) is 0 Å². The van der Waals surface area contributed by atoms with Crippen molar-refractivity contribution in [3.05, 3.63) is 29.3 Å². The third-order valence-electron chi connectivity index (χ3n) is 1.58. The van der Waals surface area contributed by atoms with Gasteiger partial charge in [0.1, 0.15) is 6.10 Å². The second-order valence-corrected chi connectivity index (χ2v) is 3.28. The molecule has 0 saturated carbocycles. The fourth-order valence-electron chi connectivity index (χ4n) is 0.865. The largest absolute Gasteiger partial charge is 0.385 e. The second kappa shape index (κ2) is 5.43. The van der Waals surface area contributed by atoms with Crippen LogP contribution in [0.25, 0.3) is 0 Å². The third kappa shape index (κ3) is 3.65. The van der Waals surface area contributed by atoms with Gasteiger partial charge in [0.25, 0.3) is 0 Å². The lowest BCUT2D eigenvalue weighted by molar-refractivity contribution is 0.260. The predicted molar refractivity (Wildman–Crippen MR) is 59.3 cm³/mol. The molecule has 0 amide bonds. The summed E-state index contributed by atoms with van der Waals surface area (Å²) in [6.45, 7) is 1.50. The van der Waals surface area contributed by atoms with Crippen LogP contribution in [0.15, 0.2) is 39.6 Å². The first-order chi connectivity index (χ1) is 7.13. The van der Waals surface area contributed by atoms with Crippen LogP contribution in [0.3, 0.4) is 0 Å². The molecule has 3 N–H and O–H groups in total. The van der Waals surface area contributed by atoms with E-state index >= 15 is 0 Å². The van der Waals surface area contributed by atoms with Crippen LogP contribution in [-0.2, 0) is 0 Å². The highest BCUT2D eigenvalue weighted by molar-refractivity contribution is 6.30. The van der Waals surface area contributed by atoms with E-state index in [1.54, 1.807) is 24.3 Å². The van der Waals surface area contributed by atoms with Gasteiger partial charge in [-0.05, 0) is 25.1 Å². The molecule has 5 nitrogen and oxygen atoms in total. The summed E-state index contributed by atoms with van der Waals surface area (Å²) in [5.74, 6) is 5.08. The number of benzene rings is 1. The number of nitrogens with two attached hydrogens (primary N) is 1. The Morgan fingerprint density at radius 3 is 2.80 bits per heavy atom. The number of hydrazone groups is 1. The summed E-state index contributed by atoms with van der Waals surface area (Å²) in [6, 6.07) is 6.85. The number of aliphatic hydroxyl groups excluding tert-OH is 1. The summed E-state index contributed by atoms with van der Waals surface area (Å²) in [7, 11) is 0. The van der Waals surface area contributed by atoms with Crippen LogP contribution in [0.5, 0.6) is 0 Å². The molecule has 15 heavy (non-hydrogen) atoms. The third-order valence-corrected chi connectivity index (χ3v) is 1.82. The Bertz CT molecular complexity index is 389. The molecule has 0 aliphatic carbocycles. The number of hydrogen-bond donors (Lipinski definition) is 2. The smallest absolute Gasteiger partial charge is 0.198 e. The summed E-state index contributed by atoms with van der Waals surface area (Å²) in [5, 5.41) is 20.5. The number of halogens is 1. The molecule has 0 heterocycles. The predicted octanol–water partition coefficient (Wildman–Crippen LogP) is 2.08. The lowest BCUT2D eigenvalue weighted by Crippen LogP contribution is -2.15. The average molecular weight is 227 g/mol. The molecular formula is C9H11ClN4O. The molecule has 0 fully saturated rings. The molecule has 1 atom stereocenters. The van der Waals surface area contributed by atoms with Crippen LogP contribution in [0.4, 0.5) is 5.69 Å². The van der Waals surface area contributed by atoms with E-state index in [-0.39, 0.29) is 5.84 Å². The van der Waals surface area contributed by atoms with Crippen molar-refractivity contribution in [2.45, 2.75) is 13.0 Å². The highest BCUT2D eigenvalue weighted by Gasteiger charge is 2.04. The van der Waals surface area contributed by atoms with Crippen LogP contribution in [0, 0.1) is 0 Å². The second-order valence-electron chi connectivity index (χ2n) is 2.84. The quantitative estimate of drug-likeness (QED) is 0.266. The summed E-state index contributed by atoms with van der Waals surface area (Å²) in [5.41, 5.74) is 0.573. The molecule has 1 unspecified atom stereocenters. The van der Waals surface area contributed by atoms with E-state index in [9.17, 15) is 0 Å². The molecule has 80 valence electrons. The molecule has 0 aliphatic heterocycles. The van der Waals surface area contributed by atoms with Gasteiger partial charge >= 0.3 is 0 Å². The minimum atomic E-state index is -0.849. The van der Waals surface area contributed by atoms with Crippen LogP contribution in [0.2, 0.25) is 5.02 Å². The SMILES string of the molecule is CC(O)C(N=Nc1cccc(Cl)c1)=NN. The van der Waals surface area contributed by atoms with E-state index in [2.05, 4.69) is 15.3 Å². The molecule has 0 bridgehead atoms. The highest BCUT2D eigenvalue weighted by atomic mass is 35.5. The number of aliphatic hydroxyl groups is 1. The maximum atomic E-state index is 9.15. The topological polar surface area (TPSA) is 83.3 Å². The Labute approximate surface area is 92.3 Å². The minimum Gasteiger partial charge on any atom is -0.385 e. The van der Waals surface area contributed by atoms with Crippen molar-refractivity contribution in [2.24, 2.45) is 21.2 Å². The maximum absolute atomic E-state index is 9.15. The first-order valence-electron chi connectivity index (χ1n) is 4.26. The molecule has 0 saturated heterocycles. The molecule has 0 aromatic heterocycles. The molecule has 1 aromatic carbocycles. The van der Waals surface area contributed by atoms with Crippen molar-refractivity contribution in [1.82, 2.24) is 0 Å². The van der Waals surface area contributed by atoms with E-state index in [1.807, 2.05) is 0 Å². The molecule has 0 spiro atoms. The van der Waals surface area contributed by atoms with Gasteiger partial charge in [-0.1, -0.05) is 17.7 Å². The number of hydrogen-bond acceptors (Lipinski definition) is 4. The molecule has 6 heteroatoms. The molecule has 1 aromatic rings. The molecule has 1 rings (SSSR count). The standard InChI is InChI=1S/C9H11ClN4O/c1-6(15)9(12-11)14-13-8-4-2-3-7(10)5-8/h2-6,15H,11H2,1H3. The fourth-order valence-corrected chi connectivity index (χ4v) is 1.05. The van der Waals surface area contributed by atoms with Crippen molar-refractivity contribution in [3.63, 3.8) is 0 Å². The van der Waals surface area contributed by atoms with Gasteiger partial charge in [0.05, 0.1) is 5.69 Å². The Hall–Kier alpha value is -1.46. The van der Waals surface area contributed by atoms with Crippen molar-refractivity contribution >= 4 is 23.1 Å². The molecular weight excluding hydrogens is 216 g/mol. The number of rotatable bonds is 2. The zero-order valence-electron chi connectivity index (χ0n) is 8.13. The zero-order chi connectivity index (χ0) is 11.3. The van der Waals surface area contributed by atoms with Crippen molar-refractivity contribution in [2.75, 3.05) is 0 Å². The summed E-state index contributed by atoms with van der Waals surface area (Å²) >= 11 is 5.75. The van der Waals surface area contributed by atoms with Crippen LogP contribution < -0.4 is 5.84 Å². The lowest BCUT2D eigenvalue weighted by Gasteiger charge is -1.99. The number of amidine groups is 1. The number of azo groups is 1. The van der Waals surface area contributed by atoms with Crippen molar-refractivity contribution < 1.29 is 5.11 Å². The summed E-state index contributed by atoms with van der Waals surface area (Å²) in [4.78, 5) is 0. The van der Waals surface area contributed by atoms with Gasteiger partial charge in [0.2, 0.25) is 0 Å². The summed E-state index contributed by atoms with van der Waals surface area (Å²) in [6.07, 6.45) is -0.849. The van der Waals surface area contributed by atoms with Crippen LogP contribution >= 0.6 is 11.6 Å². The van der Waals surface area contributed by atoms with E-state index in [1.165, 1.54) is 6.92 Å². The normalized spacial score (nSPS) is 14.5. The van der Waals surface area contributed by atoms with Crippen LogP contribution in [0.1, 0.15) is 6.92 Å². The Morgan fingerprint density at radius 2 is 2.27 bits per heavy atom. The Morgan fingerprint density at radius 1 is 1.53 bits per heavy atom. The molecule has 0 radical (unpaired) electrons.